The summed E-state index contributed by atoms with van der Waals surface area (Å²) in [5.74, 6) is 1.07. The molecule has 0 aromatic carbocycles. The SMILES string of the molecule is CC(C)=COCC1CCS(=O)(=O)CC1. The van der Waals surface area contributed by atoms with Gasteiger partial charge in [-0.25, -0.2) is 8.42 Å². The van der Waals surface area contributed by atoms with Crippen molar-refractivity contribution < 1.29 is 13.2 Å². The normalized spacial score (nSPS) is 21.6. The van der Waals surface area contributed by atoms with Gasteiger partial charge in [-0.3, -0.25) is 0 Å². The smallest absolute Gasteiger partial charge is 0.150 e. The molecule has 14 heavy (non-hydrogen) atoms. The van der Waals surface area contributed by atoms with E-state index in [4.69, 9.17) is 4.74 Å². The first-order valence-corrected chi connectivity index (χ1v) is 6.77. The minimum atomic E-state index is -2.73. The van der Waals surface area contributed by atoms with Crippen molar-refractivity contribution in [2.75, 3.05) is 18.1 Å². The third-order valence-corrected chi connectivity index (χ3v) is 4.04. The van der Waals surface area contributed by atoms with E-state index < -0.39 is 9.84 Å². The van der Waals surface area contributed by atoms with Crippen LogP contribution in [0.15, 0.2) is 11.8 Å². The van der Waals surface area contributed by atoms with Gasteiger partial charge in [0.2, 0.25) is 0 Å². The largest absolute Gasteiger partial charge is 0.501 e. The van der Waals surface area contributed by atoms with Crippen LogP contribution in [0, 0.1) is 5.92 Å². The lowest BCUT2D eigenvalue weighted by Gasteiger charge is -2.21. The summed E-state index contributed by atoms with van der Waals surface area (Å²) in [6, 6.07) is 0. The van der Waals surface area contributed by atoms with E-state index >= 15 is 0 Å². The number of rotatable bonds is 3. The van der Waals surface area contributed by atoms with E-state index in [-0.39, 0.29) is 0 Å². The second-order valence-corrected chi connectivity index (χ2v) is 6.43. The minimum absolute atomic E-state index is 0.329. The summed E-state index contributed by atoms with van der Waals surface area (Å²) in [4.78, 5) is 0. The summed E-state index contributed by atoms with van der Waals surface area (Å²) in [6.07, 6.45) is 3.24. The van der Waals surface area contributed by atoms with Crippen LogP contribution in [0.2, 0.25) is 0 Å². The van der Waals surface area contributed by atoms with Crippen molar-refractivity contribution in [3.63, 3.8) is 0 Å². The number of ether oxygens (including phenoxy) is 1. The molecule has 0 aromatic heterocycles. The number of hydrogen-bond acceptors (Lipinski definition) is 3. The van der Waals surface area contributed by atoms with Gasteiger partial charge in [-0.2, -0.15) is 0 Å². The zero-order valence-electron chi connectivity index (χ0n) is 8.82. The van der Waals surface area contributed by atoms with Crippen molar-refractivity contribution >= 4 is 9.84 Å². The Hall–Kier alpha value is -0.510. The molecule has 82 valence electrons. The molecule has 0 spiro atoms. The fraction of sp³-hybridized carbons (Fsp3) is 0.800. The maximum absolute atomic E-state index is 11.1. The molecule has 1 fully saturated rings. The van der Waals surface area contributed by atoms with Gasteiger partial charge in [0, 0.05) is 0 Å². The molecule has 3 nitrogen and oxygen atoms in total. The lowest BCUT2D eigenvalue weighted by atomic mass is 10.0. The van der Waals surface area contributed by atoms with Crippen LogP contribution in [0.25, 0.3) is 0 Å². The Morgan fingerprint density at radius 2 is 1.93 bits per heavy atom. The summed E-state index contributed by atoms with van der Waals surface area (Å²) in [6.45, 7) is 4.61. The topological polar surface area (TPSA) is 43.4 Å². The van der Waals surface area contributed by atoms with Gasteiger partial charge < -0.3 is 4.74 Å². The van der Waals surface area contributed by atoms with Gasteiger partial charge in [-0.1, -0.05) is 0 Å². The predicted molar refractivity (Wildman–Crippen MR) is 56.8 cm³/mol. The molecule has 0 N–H and O–H groups in total. The zero-order chi connectivity index (χ0) is 10.6. The second-order valence-electron chi connectivity index (χ2n) is 4.12. The average molecular weight is 218 g/mol. The highest BCUT2D eigenvalue weighted by atomic mass is 32.2. The molecular weight excluding hydrogens is 200 g/mol. The number of hydrogen-bond donors (Lipinski definition) is 0. The molecule has 0 radical (unpaired) electrons. The Bertz CT molecular complexity index is 285. The van der Waals surface area contributed by atoms with E-state index in [1.54, 1.807) is 6.26 Å². The van der Waals surface area contributed by atoms with Crippen molar-refractivity contribution in [3.05, 3.63) is 11.8 Å². The Morgan fingerprint density at radius 1 is 1.36 bits per heavy atom. The highest BCUT2D eigenvalue weighted by Crippen LogP contribution is 2.19. The van der Waals surface area contributed by atoms with Crippen LogP contribution in [0.4, 0.5) is 0 Å². The predicted octanol–water partition coefficient (Wildman–Crippen LogP) is 1.75. The Kier molecular flexibility index (Phi) is 3.98. The van der Waals surface area contributed by atoms with Crippen LogP contribution in [0.1, 0.15) is 26.7 Å². The number of allylic oxidation sites excluding steroid dienone is 1. The van der Waals surface area contributed by atoms with Crippen LogP contribution in [-0.4, -0.2) is 26.5 Å². The molecule has 0 bridgehead atoms. The van der Waals surface area contributed by atoms with Crippen LogP contribution >= 0.6 is 0 Å². The quantitative estimate of drug-likeness (QED) is 0.678. The number of sulfone groups is 1. The van der Waals surface area contributed by atoms with Crippen LogP contribution in [0.3, 0.4) is 0 Å². The van der Waals surface area contributed by atoms with Crippen molar-refractivity contribution in [2.24, 2.45) is 5.92 Å². The third kappa shape index (κ3) is 4.13. The molecule has 0 unspecified atom stereocenters. The van der Waals surface area contributed by atoms with Gasteiger partial charge in [-0.05, 0) is 38.2 Å². The molecule has 1 heterocycles. The standard InChI is InChI=1S/C10H18O3S/c1-9(2)7-13-8-10-3-5-14(11,12)6-4-10/h7,10H,3-6,8H2,1-2H3. The summed E-state index contributed by atoms with van der Waals surface area (Å²) in [7, 11) is -2.73. The van der Waals surface area contributed by atoms with Crippen LogP contribution in [0.5, 0.6) is 0 Å². The fourth-order valence-corrected chi connectivity index (χ4v) is 3.05. The molecule has 0 aliphatic carbocycles. The maximum atomic E-state index is 11.1. The molecule has 1 aliphatic heterocycles. The van der Waals surface area contributed by atoms with E-state index in [1.807, 2.05) is 13.8 Å². The van der Waals surface area contributed by atoms with E-state index in [0.29, 0.717) is 24.0 Å². The first-order valence-electron chi connectivity index (χ1n) is 4.95. The molecule has 0 saturated carbocycles. The molecule has 0 amide bonds. The molecule has 4 heteroatoms. The first kappa shape index (κ1) is 11.6. The summed E-state index contributed by atoms with van der Waals surface area (Å²) in [5, 5.41) is 0. The van der Waals surface area contributed by atoms with Crippen molar-refractivity contribution in [1.29, 1.82) is 0 Å². The summed E-state index contributed by atoms with van der Waals surface area (Å²) in [5.41, 5.74) is 1.13. The van der Waals surface area contributed by atoms with Crippen LogP contribution < -0.4 is 0 Å². The van der Waals surface area contributed by atoms with E-state index in [1.165, 1.54) is 0 Å². The van der Waals surface area contributed by atoms with Gasteiger partial charge in [0.05, 0.1) is 24.4 Å². The van der Waals surface area contributed by atoms with Gasteiger partial charge >= 0.3 is 0 Å². The Labute approximate surface area is 86.1 Å². The highest BCUT2D eigenvalue weighted by Gasteiger charge is 2.23. The molecule has 0 atom stereocenters. The maximum Gasteiger partial charge on any atom is 0.150 e. The summed E-state index contributed by atoms with van der Waals surface area (Å²) >= 11 is 0. The lowest BCUT2D eigenvalue weighted by molar-refractivity contribution is 0.184. The van der Waals surface area contributed by atoms with Crippen molar-refractivity contribution in [2.45, 2.75) is 26.7 Å². The fourth-order valence-electron chi connectivity index (χ4n) is 1.46. The lowest BCUT2D eigenvalue weighted by Crippen LogP contribution is -2.25. The van der Waals surface area contributed by atoms with E-state index in [0.717, 1.165) is 18.4 Å². The first-order chi connectivity index (χ1) is 6.49. The summed E-state index contributed by atoms with van der Waals surface area (Å²) < 4.78 is 27.6. The van der Waals surface area contributed by atoms with Crippen molar-refractivity contribution in [1.82, 2.24) is 0 Å². The van der Waals surface area contributed by atoms with Crippen molar-refractivity contribution in [3.8, 4) is 0 Å². The monoisotopic (exact) mass is 218 g/mol. The molecular formula is C10H18O3S. The minimum Gasteiger partial charge on any atom is -0.501 e. The Morgan fingerprint density at radius 3 is 2.43 bits per heavy atom. The van der Waals surface area contributed by atoms with E-state index in [2.05, 4.69) is 0 Å². The Balaban J connectivity index is 2.26. The van der Waals surface area contributed by atoms with E-state index in [9.17, 15) is 8.42 Å². The zero-order valence-corrected chi connectivity index (χ0v) is 9.64. The third-order valence-electron chi connectivity index (χ3n) is 2.33. The van der Waals surface area contributed by atoms with Gasteiger partial charge in [-0.15, -0.1) is 0 Å². The average Bonchev–Trinajstić information content (AvgIpc) is 2.07. The van der Waals surface area contributed by atoms with Gasteiger partial charge in [0.1, 0.15) is 9.84 Å². The van der Waals surface area contributed by atoms with Gasteiger partial charge in [0.25, 0.3) is 0 Å². The highest BCUT2D eigenvalue weighted by molar-refractivity contribution is 7.91. The van der Waals surface area contributed by atoms with Crippen LogP contribution in [-0.2, 0) is 14.6 Å². The molecule has 0 aromatic rings. The molecule has 1 saturated heterocycles. The molecule has 1 aliphatic rings. The van der Waals surface area contributed by atoms with Gasteiger partial charge in [0.15, 0.2) is 0 Å². The second kappa shape index (κ2) is 4.82. The molecule has 1 rings (SSSR count).